The van der Waals surface area contributed by atoms with E-state index in [1.807, 2.05) is 6.92 Å². The molecule has 1 aromatic rings. The Bertz CT molecular complexity index is 439. The summed E-state index contributed by atoms with van der Waals surface area (Å²) in [6, 6.07) is 0.955. The third-order valence-electron chi connectivity index (χ3n) is 2.77. The van der Waals surface area contributed by atoms with Crippen LogP contribution in [-0.2, 0) is 9.47 Å². The van der Waals surface area contributed by atoms with Crippen LogP contribution in [0, 0.1) is 0 Å². The first-order valence-corrected chi connectivity index (χ1v) is 5.95. The summed E-state index contributed by atoms with van der Waals surface area (Å²) in [4.78, 5) is 11.8. The third-order valence-corrected chi connectivity index (χ3v) is 2.77. The van der Waals surface area contributed by atoms with E-state index in [-0.39, 0.29) is 17.8 Å². The lowest BCUT2D eigenvalue weighted by atomic mass is 10.2. The van der Waals surface area contributed by atoms with Gasteiger partial charge in [0.2, 0.25) is 0 Å². The summed E-state index contributed by atoms with van der Waals surface area (Å²) < 4.78 is 35.7. The normalized spacial score (nSPS) is 22.9. The van der Waals surface area contributed by atoms with Gasteiger partial charge in [-0.2, -0.15) is 13.9 Å². The molecule has 0 aliphatic carbocycles. The predicted molar refractivity (Wildman–Crippen MR) is 61.0 cm³/mol. The number of carbonyl (C=O) groups is 1. The smallest absolute Gasteiger partial charge is 0.333 e. The Balaban J connectivity index is 1.96. The zero-order valence-corrected chi connectivity index (χ0v) is 10.4. The topological polar surface area (TPSA) is 65.4 Å². The second kappa shape index (κ2) is 6.07. The van der Waals surface area contributed by atoms with Gasteiger partial charge < -0.3 is 14.8 Å². The Morgan fingerprint density at radius 1 is 1.68 bits per heavy atom. The first-order valence-electron chi connectivity index (χ1n) is 5.95. The molecular formula is C11H15F2N3O3. The van der Waals surface area contributed by atoms with Crippen LogP contribution in [0.4, 0.5) is 8.78 Å². The lowest BCUT2D eigenvalue weighted by molar-refractivity contribution is 0.0400. The van der Waals surface area contributed by atoms with E-state index in [0.717, 1.165) is 6.20 Å². The van der Waals surface area contributed by atoms with E-state index in [4.69, 9.17) is 9.47 Å². The van der Waals surface area contributed by atoms with Crippen molar-refractivity contribution in [2.75, 3.05) is 19.8 Å². The molecule has 106 valence electrons. The second-order valence-corrected chi connectivity index (χ2v) is 4.07. The van der Waals surface area contributed by atoms with E-state index < -0.39 is 12.5 Å². The molecule has 0 aromatic carbocycles. The van der Waals surface area contributed by atoms with Gasteiger partial charge in [-0.1, -0.05) is 0 Å². The quantitative estimate of drug-likeness (QED) is 0.863. The molecular weight excluding hydrogens is 260 g/mol. The van der Waals surface area contributed by atoms with Crippen LogP contribution >= 0.6 is 0 Å². The van der Waals surface area contributed by atoms with Crippen LogP contribution in [0.3, 0.4) is 0 Å². The number of nitrogens with one attached hydrogen (secondary N) is 1. The van der Waals surface area contributed by atoms with E-state index in [1.54, 1.807) is 0 Å². The number of halogens is 2. The highest BCUT2D eigenvalue weighted by Crippen LogP contribution is 2.12. The maximum Gasteiger partial charge on any atom is 0.333 e. The maximum absolute atomic E-state index is 12.3. The van der Waals surface area contributed by atoms with Crippen molar-refractivity contribution in [1.82, 2.24) is 15.1 Å². The van der Waals surface area contributed by atoms with Gasteiger partial charge in [0, 0.05) is 12.8 Å². The molecule has 6 nitrogen and oxygen atoms in total. The molecule has 1 aliphatic rings. The number of nitrogens with zero attached hydrogens (tertiary/aromatic N) is 2. The van der Waals surface area contributed by atoms with Crippen molar-refractivity contribution in [3.63, 3.8) is 0 Å². The first-order chi connectivity index (χ1) is 9.11. The molecule has 2 rings (SSSR count). The van der Waals surface area contributed by atoms with Crippen molar-refractivity contribution in [2.24, 2.45) is 0 Å². The summed E-state index contributed by atoms with van der Waals surface area (Å²) in [6.07, 6.45) is 0.844. The average Bonchev–Trinajstić information content (AvgIpc) is 2.99. The highest BCUT2D eigenvalue weighted by Gasteiger charge is 2.30. The minimum atomic E-state index is -2.76. The molecule has 2 atom stereocenters. The zero-order chi connectivity index (χ0) is 13.8. The molecule has 1 N–H and O–H groups in total. The average molecular weight is 275 g/mol. The van der Waals surface area contributed by atoms with Crippen LogP contribution in [0.15, 0.2) is 12.3 Å². The van der Waals surface area contributed by atoms with E-state index in [9.17, 15) is 13.6 Å². The Labute approximate surface area is 108 Å². The fourth-order valence-corrected chi connectivity index (χ4v) is 1.86. The molecule has 0 unspecified atom stereocenters. The van der Waals surface area contributed by atoms with Crippen LogP contribution in [-0.4, -0.2) is 47.7 Å². The summed E-state index contributed by atoms with van der Waals surface area (Å²) in [5.41, 5.74) is -0.0533. The van der Waals surface area contributed by atoms with Crippen molar-refractivity contribution in [3.8, 4) is 0 Å². The lowest BCUT2D eigenvalue weighted by Gasteiger charge is -2.18. The summed E-state index contributed by atoms with van der Waals surface area (Å²) in [5, 5.41) is 6.17. The van der Waals surface area contributed by atoms with Gasteiger partial charge in [-0.15, -0.1) is 0 Å². The number of amides is 1. The minimum Gasteiger partial charge on any atom is -0.376 e. The lowest BCUT2D eigenvalue weighted by Crippen LogP contribution is -2.44. The van der Waals surface area contributed by atoms with Gasteiger partial charge in [-0.25, -0.2) is 4.68 Å². The molecule has 0 radical (unpaired) electrons. The zero-order valence-electron chi connectivity index (χ0n) is 10.4. The molecule has 1 fully saturated rings. The van der Waals surface area contributed by atoms with E-state index >= 15 is 0 Å². The molecule has 0 saturated carbocycles. The number of ether oxygens (including phenoxy) is 2. The Kier molecular flexibility index (Phi) is 4.43. The maximum atomic E-state index is 12.3. The Morgan fingerprint density at radius 3 is 3.11 bits per heavy atom. The molecule has 1 saturated heterocycles. The van der Waals surface area contributed by atoms with Gasteiger partial charge in [0.05, 0.1) is 19.3 Å². The van der Waals surface area contributed by atoms with Gasteiger partial charge in [-0.3, -0.25) is 4.79 Å². The molecule has 0 spiro atoms. The number of hydrogen-bond acceptors (Lipinski definition) is 4. The van der Waals surface area contributed by atoms with Crippen LogP contribution in [0.5, 0.6) is 0 Å². The summed E-state index contributed by atoms with van der Waals surface area (Å²) >= 11 is 0. The monoisotopic (exact) mass is 275 g/mol. The SMILES string of the molecule is CCO[C@H]1COC[C@@H]1NC(=O)c1ccn(C(F)F)n1. The Hall–Kier alpha value is -1.54. The molecule has 1 aliphatic heterocycles. The van der Waals surface area contributed by atoms with Crippen molar-refractivity contribution < 1.29 is 23.0 Å². The number of hydrogen-bond donors (Lipinski definition) is 1. The highest BCUT2D eigenvalue weighted by molar-refractivity contribution is 5.92. The largest absolute Gasteiger partial charge is 0.376 e. The fraction of sp³-hybridized carbons (Fsp3) is 0.636. The van der Waals surface area contributed by atoms with Crippen molar-refractivity contribution in [1.29, 1.82) is 0 Å². The molecule has 2 heterocycles. The van der Waals surface area contributed by atoms with E-state index in [2.05, 4.69) is 10.4 Å². The van der Waals surface area contributed by atoms with Gasteiger partial charge in [0.25, 0.3) is 5.91 Å². The van der Waals surface area contributed by atoms with Crippen LogP contribution in [0.1, 0.15) is 24.0 Å². The first kappa shape index (κ1) is 13.9. The number of carbonyl (C=O) groups excluding carboxylic acids is 1. The standard InChI is InChI=1S/C11H15F2N3O3/c1-2-19-9-6-18-5-8(9)14-10(17)7-3-4-16(15-7)11(12)13/h3-4,8-9,11H,2,5-6H2,1H3,(H,14,17)/t8-,9-/m0/s1. The highest BCUT2D eigenvalue weighted by atomic mass is 19.3. The predicted octanol–water partition coefficient (Wildman–Crippen LogP) is 0.812. The number of alkyl halides is 2. The van der Waals surface area contributed by atoms with E-state index in [0.29, 0.717) is 24.5 Å². The summed E-state index contributed by atoms with van der Waals surface area (Å²) in [5.74, 6) is -0.514. The van der Waals surface area contributed by atoms with Gasteiger partial charge in [0.1, 0.15) is 11.8 Å². The molecule has 1 amide bonds. The summed E-state index contributed by atoms with van der Waals surface area (Å²) in [7, 11) is 0. The molecule has 8 heteroatoms. The fourth-order valence-electron chi connectivity index (χ4n) is 1.86. The molecule has 19 heavy (non-hydrogen) atoms. The van der Waals surface area contributed by atoms with Crippen LogP contribution < -0.4 is 5.32 Å². The van der Waals surface area contributed by atoms with Gasteiger partial charge >= 0.3 is 6.55 Å². The molecule has 1 aromatic heterocycles. The van der Waals surface area contributed by atoms with Crippen molar-refractivity contribution in [2.45, 2.75) is 25.6 Å². The Morgan fingerprint density at radius 2 is 2.47 bits per heavy atom. The van der Waals surface area contributed by atoms with E-state index in [1.165, 1.54) is 6.07 Å². The van der Waals surface area contributed by atoms with Crippen molar-refractivity contribution in [3.05, 3.63) is 18.0 Å². The minimum absolute atomic E-state index is 0.0533. The van der Waals surface area contributed by atoms with Gasteiger partial charge in [0.15, 0.2) is 0 Å². The van der Waals surface area contributed by atoms with Crippen LogP contribution in [0.25, 0.3) is 0 Å². The third kappa shape index (κ3) is 3.27. The summed E-state index contributed by atoms with van der Waals surface area (Å²) in [6.45, 7) is 0.352. The van der Waals surface area contributed by atoms with Crippen LogP contribution in [0.2, 0.25) is 0 Å². The van der Waals surface area contributed by atoms with Gasteiger partial charge in [-0.05, 0) is 13.0 Å². The molecule has 0 bridgehead atoms. The number of aromatic nitrogens is 2. The van der Waals surface area contributed by atoms with Crippen molar-refractivity contribution >= 4 is 5.91 Å². The second-order valence-electron chi connectivity index (χ2n) is 4.07. The number of rotatable bonds is 5.